The van der Waals surface area contributed by atoms with Gasteiger partial charge in [-0.15, -0.1) is 0 Å². The van der Waals surface area contributed by atoms with E-state index < -0.39 is 11.7 Å². The Bertz CT molecular complexity index is 548. The fourth-order valence-electron chi connectivity index (χ4n) is 7.40. The van der Waals surface area contributed by atoms with Crippen LogP contribution in [0.5, 0.6) is 0 Å². The molecule has 0 aromatic rings. The lowest BCUT2D eigenvalue weighted by Crippen LogP contribution is -2.68. The Morgan fingerprint density at radius 3 is 2.50 bits per heavy atom. The molecule has 0 radical (unpaired) electrons. The molecule has 0 aromatic heterocycles. The van der Waals surface area contributed by atoms with Gasteiger partial charge in [-0.2, -0.15) is 0 Å². The topological polar surface area (TPSA) is 66.8 Å². The number of methoxy groups -OCH3 is 1. The molecule has 0 aliphatic heterocycles. The molecule has 0 heterocycles. The fraction of sp³-hybridized carbons (Fsp3) is 0.950. The monoisotopic (exact) mass is 336 g/mol. The Morgan fingerprint density at radius 2 is 1.79 bits per heavy atom. The Hall–Kier alpha value is -0.450. The van der Waals surface area contributed by atoms with Gasteiger partial charge in [0.1, 0.15) is 5.60 Å². The number of aliphatic hydroxyl groups excluding tert-OH is 2. The van der Waals surface area contributed by atoms with Crippen molar-refractivity contribution < 1.29 is 19.7 Å². The molecule has 24 heavy (non-hydrogen) atoms. The maximum Gasteiger partial charge on any atom is 0.165 e. The minimum absolute atomic E-state index is 0.0148. The van der Waals surface area contributed by atoms with Gasteiger partial charge in [-0.25, -0.2) is 0 Å². The van der Waals surface area contributed by atoms with E-state index in [1.54, 1.807) is 7.11 Å². The van der Waals surface area contributed by atoms with E-state index in [1.165, 1.54) is 0 Å². The molecule has 4 aliphatic carbocycles. The zero-order chi connectivity index (χ0) is 17.3. The molecular formula is C20H32O4. The summed E-state index contributed by atoms with van der Waals surface area (Å²) in [5.74, 6) is 1.48. The molecular weight excluding hydrogens is 304 g/mol. The molecule has 4 saturated carbocycles. The molecule has 136 valence electrons. The average molecular weight is 336 g/mol. The first-order chi connectivity index (χ1) is 11.3. The minimum Gasteiger partial charge on any atom is -0.393 e. The van der Waals surface area contributed by atoms with Crippen molar-refractivity contribution in [3.8, 4) is 0 Å². The number of aliphatic hydroxyl groups is 2. The van der Waals surface area contributed by atoms with E-state index in [9.17, 15) is 15.0 Å². The largest absolute Gasteiger partial charge is 0.393 e. The molecule has 2 N–H and O–H groups in total. The third-order valence-electron chi connectivity index (χ3n) is 8.87. The SMILES string of the molecule is COC12CC(O)CCC1(C)C1CCC3(C)C(O)CCC3C1CC2=O. The lowest BCUT2D eigenvalue weighted by Gasteiger charge is -2.63. The Kier molecular flexibility index (Phi) is 3.73. The summed E-state index contributed by atoms with van der Waals surface area (Å²) >= 11 is 0. The molecule has 0 aromatic carbocycles. The molecule has 4 nitrogen and oxygen atoms in total. The van der Waals surface area contributed by atoms with Crippen molar-refractivity contribution in [1.82, 2.24) is 0 Å². The third-order valence-corrected chi connectivity index (χ3v) is 8.87. The highest BCUT2D eigenvalue weighted by molar-refractivity contribution is 5.90. The van der Waals surface area contributed by atoms with Crippen molar-refractivity contribution in [3.63, 3.8) is 0 Å². The van der Waals surface area contributed by atoms with Crippen LogP contribution >= 0.6 is 0 Å². The normalized spacial score (nSPS) is 57.2. The van der Waals surface area contributed by atoms with Crippen LogP contribution in [0.25, 0.3) is 0 Å². The number of carbonyl (C=O) groups is 1. The summed E-state index contributed by atoms with van der Waals surface area (Å²) in [5.41, 5.74) is -1.01. The summed E-state index contributed by atoms with van der Waals surface area (Å²) < 4.78 is 5.92. The number of Topliss-reactive ketones (excluding diaryl/α,β-unsaturated/α-hetero) is 1. The van der Waals surface area contributed by atoms with Crippen LogP contribution in [0.3, 0.4) is 0 Å². The van der Waals surface area contributed by atoms with Crippen LogP contribution in [0.1, 0.15) is 65.2 Å². The van der Waals surface area contributed by atoms with E-state index in [1.807, 2.05) is 0 Å². The van der Waals surface area contributed by atoms with Crippen LogP contribution in [0.4, 0.5) is 0 Å². The summed E-state index contributed by atoms with van der Waals surface area (Å²) in [6.45, 7) is 4.48. The minimum atomic E-state index is -0.809. The van der Waals surface area contributed by atoms with E-state index in [4.69, 9.17) is 4.74 Å². The van der Waals surface area contributed by atoms with Crippen molar-refractivity contribution in [1.29, 1.82) is 0 Å². The molecule has 4 rings (SSSR count). The summed E-state index contributed by atoms with van der Waals surface area (Å²) in [4.78, 5) is 13.3. The number of ether oxygens (including phenoxy) is 1. The number of hydrogen-bond donors (Lipinski definition) is 2. The maximum absolute atomic E-state index is 13.3. The van der Waals surface area contributed by atoms with E-state index in [0.29, 0.717) is 30.6 Å². The Morgan fingerprint density at radius 1 is 1.04 bits per heavy atom. The first-order valence-corrected chi connectivity index (χ1v) is 9.73. The summed E-state index contributed by atoms with van der Waals surface area (Å²) in [5, 5.41) is 20.8. The standard InChI is InChI=1S/C20H32O4/c1-18-8-7-15-13(14(18)4-5-16(18)22)10-17(23)20(24-3)11-12(21)6-9-19(15,20)2/h12-16,21-22H,4-11H2,1-3H3. The molecule has 0 amide bonds. The van der Waals surface area contributed by atoms with E-state index in [-0.39, 0.29) is 22.7 Å². The van der Waals surface area contributed by atoms with Gasteiger partial charge in [-0.05, 0) is 61.7 Å². The summed E-state index contributed by atoms with van der Waals surface area (Å²) in [7, 11) is 1.65. The van der Waals surface area contributed by atoms with Crippen molar-refractivity contribution in [2.75, 3.05) is 7.11 Å². The quantitative estimate of drug-likeness (QED) is 0.773. The third kappa shape index (κ3) is 1.88. The van der Waals surface area contributed by atoms with Gasteiger partial charge in [-0.3, -0.25) is 4.79 Å². The van der Waals surface area contributed by atoms with E-state index in [0.717, 1.165) is 38.5 Å². The molecule has 4 heteroatoms. The number of carbonyl (C=O) groups excluding carboxylic acids is 1. The number of ketones is 1. The highest BCUT2D eigenvalue weighted by Gasteiger charge is 2.68. The molecule has 4 aliphatic rings. The lowest BCUT2D eigenvalue weighted by atomic mass is 9.43. The van der Waals surface area contributed by atoms with Gasteiger partial charge in [0.25, 0.3) is 0 Å². The molecule has 8 unspecified atom stereocenters. The predicted octanol–water partition coefficient (Wildman–Crippen LogP) is 2.70. The fourth-order valence-corrected chi connectivity index (χ4v) is 7.40. The molecule has 0 saturated heterocycles. The van der Waals surface area contributed by atoms with Crippen molar-refractivity contribution >= 4 is 5.78 Å². The van der Waals surface area contributed by atoms with Gasteiger partial charge in [0.2, 0.25) is 0 Å². The Labute approximate surface area is 145 Å². The zero-order valence-electron chi connectivity index (χ0n) is 15.3. The van der Waals surface area contributed by atoms with Crippen LogP contribution in [-0.2, 0) is 9.53 Å². The smallest absolute Gasteiger partial charge is 0.165 e. The highest BCUT2D eigenvalue weighted by atomic mass is 16.5. The maximum atomic E-state index is 13.3. The summed E-state index contributed by atoms with van der Waals surface area (Å²) in [6.07, 6.45) is 6.04. The van der Waals surface area contributed by atoms with Gasteiger partial charge in [0.15, 0.2) is 5.78 Å². The van der Waals surface area contributed by atoms with Gasteiger partial charge in [-0.1, -0.05) is 13.8 Å². The molecule has 0 spiro atoms. The molecule has 4 fully saturated rings. The van der Waals surface area contributed by atoms with Crippen molar-refractivity contribution in [2.24, 2.45) is 28.6 Å². The average Bonchev–Trinajstić information content (AvgIpc) is 2.85. The van der Waals surface area contributed by atoms with Crippen molar-refractivity contribution in [2.45, 2.75) is 83.0 Å². The van der Waals surface area contributed by atoms with Crippen LogP contribution in [0.15, 0.2) is 0 Å². The molecule has 8 atom stereocenters. The first-order valence-electron chi connectivity index (χ1n) is 9.73. The lowest BCUT2D eigenvalue weighted by molar-refractivity contribution is -0.223. The van der Waals surface area contributed by atoms with Crippen molar-refractivity contribution in [3.05, 3.63) is 0 Å². The van der Waals surface area contributed by atoms with Crippen LogP contribution in [0.2, 0.25) is 0 Å². The highest BCUT2D eigenvalue weighted by Crippen LogP contribution is 2.67. The van der Waals surface area contributed by atoms with Gasteiger partial charge >= 0.3 is 0 Å². The van der Waals surface area contributed by atoms with Crippen LogP contribution in [-0.4, -0.2) is 40.9 Å². The zero-order valence-corrected chi connectivity index (χ0v) is 15.3. The number of rotatable bonds is 1. The van der Waals surface area contributed by atoms with E-state index in [2.05, 4.69) is 13.8 Å². The van der Waals surface area contributed by atoms with E-state index >= 15 is 0 Å². The number of hydrogen-bond acceptors (Lipinski definition) is 4. The first kappa shape index (κ1) is 17.0. The van der Waals surface area contributed by atoms with Gasteiger partial charge in [0, 0.05) is 25.4 Å². The van der Waals surface area contributed by atoms with Crippen LogP contribution < -0.4 is 0 Å². The second-order valence-corrected chi connectivity index (χ2v) is 9.49. The number of fused-ring (bicyclic) bond motifs is 5. The second kappa shape index (κ2) is 5.28. The Balaban J connectivity index is 1.74. The van der Waals surface area contributed by atoms with Gasteiger partial charge < -0.3 is 14.9 Å². The molecule has 0 bridgehead atoms. The summed E-state index contributed by atoms with van der Waals surface area (Å²) in [6, 6.07) is 0. The van der Waals surface area contributed by atoms with Gasteiger partial charge in [0.05, 0.1) is 12.2 Å². The van der Waals surface area contributed by atoms with Crippen LogP contribution in [0, 0.1) is 28.6 Å². The predicted molar refractivity (Wildman–Crippen MR) is 90.4 cm³/mol. The second-order valence-electron chi connectivity index (χ2n) is 9.49.